The van der Waals surface area contributed by atoms with Crippen LogP contribution < -0.4 is 5.32 Å². The van der Waals surface area contributed by atoms with E-state index in [0.717, 1.165) is 28.3 Å². The van der Waals surface area contributed by atoms with E-state index in [2.05, 4.69) is 25.0 Å². The van der Waals surface area contributed by atoms with E-state index in [4.69, 9.17) is 28.4 Å². The van der Waals surface area contributed by atoms with Crippen LogP contribution in [0, 0.1) is 0 Å². The fourth-order valence-electron chi connectivity index (χ4n) is 5.51. The molecule has 49 heavy (non-hydrogen) atoms. The Bertz CT molecular complexity index is 1510. The summed E-state index contributed by atoms with van der Waals surface area (Å²) < 4.78 is 38.6. The van der Waals surface area contributed by atoms with Crippen molar-refractivity contribution in [3.05, 3.63) is 144 Å². The molecule has 1 fully saturated rings. The quantitative estimate of drug-likeness (QED) is 0.114. The van der Waals surface area contributed by atoms with Crippen LogP contribution in [-0.4, -0.2) is 58.0 Å². The van der Waals surface area contributed by atoms with E-state index in [1.807, 2.05) is 121 Å². The van der Waals surface area contributed by atoms with Crippen LogP contribution in [0.4, 0.5) is 4.79 Å². The molecule has 0 unspecified atom stereocenters. The molecule has 1 N–H and O–H groups in total. The van der Waals surface area contributed by atoms with E-state index in [0.29, 0.717) is 26.4 Å². The third kappa shape index (κ3) is 12.2. The van der Waals surface area contributed by atoms with Gasteiger partial charge >= 0.3 is 6.09 Å². The number of carbonyl (C=O) groups excluding carboxylic acids is 1. The Kier molecular flexibility index (Phi) is 14.0. The van der Waals surface area contributed by atoms with Crippen LogP contribution in [0.5, 0.6) is 0 Å². The molecule has 4 aromatic rings. The molecule has 9 heteroatoms. The Hall–Kier alpha value is -3.83. The van der Waals surface area contributed by atoms with E-state index in [1.165, 1.54) is 0 Å². The number of hydrogen-bond acceptors (Lipinski definition) is 7. The van der Waals surface area contributed by atoms with Crippen molar-refractivity contribution in [1.82, 2.24) is 5.32 Å². The fourth-order valence-corrected chi connectivity index (χ4v) is 6.23. The van der Waals surface area contributed by atoms with Gasteiger partial charge in [-0.25, -0.2) is 4.79 Å². The van der Waals surface area contributed by atoms with Crippen LogP contribution in [0.1, 0.15) is 22.3 Å². The number of carbonyl (C=O) groups is 1. The van der Waals surface area contributed by atoms with Gasteiger partial charge in [-0.2, -0.15) is 0 Å². The highest BCUT2D eigenvalue weighted by molar-refractivity contribution is 6.76. The smallest absolute Gasteiger partial charge is 0.409 e. The lowest BCUT2D eigenvalue weighted by Gasteiger charge is -2.46. The van der Waals surface area contributed by atoms with E-state index in [9.17, 15) is 4.79 Å². The van der Waals surface area contributed by atoms with Gasteiger partial charge in [0, 0.05) is 8.07 Å². The van der Waals surface area contributed by atoms with Crippen molar-refractivity contribution in [3.63, 3.8) is 0 Å². The molecule has 1 heterocycles. The average Bonchev–Trinajstić information content (AvgIpc) is 3.11. The number of hydrogen-bond donors (Lipinski definition) is 1. The van der Waals surface area contributed by atoms with Gasteiger partial charge in [-0.3, -0.25) is 5.32 Å². The monoisotopic (exact) mass is 683 g/mol. The highest BCUT2D eigenvalue weighted by Crippen LogP contribution is 2.30. The van der Waals surface area contributed by atoms with Gasteiger partial charge in [-0.15, -0.1) is 0 Å². The van der Waals surface area contributed by atoms with Crippen molar-refractivity contribution in [2.24, 2.45) is 0 Å². The summed E-state index contributed by atoms with van der Waals surface area (Å²) in [5.74, 6) is 0. The van der Waals surface area contributed by atoms with Gasteiger partial charge < -0.3 is 28.4 Å². The summed E-state index contributed by atoms with van der Waals surface area (Å²) in [4.78, 5) is 13.2. The number of nitrogens with one attached hydrogen (secondary N) is 1. The van der Waals surface area contributed by atoms with Crippen LogP contribution in [0.3, 0.4) is 0 Å². The van der Waals surface area contributed by atoms with Gasteiger partial charge in [0.05, 0.1) is 39.6 Å². The summed E-state index contributed by atoms with van der Waals surface area (Å²) in [5, 5.41) is 2.97. The molecule has 0 aromatic heterocycles. The van der Waals surface area contributed by atoms with Crippen molar-refractivity contribution in [2.75, 3.05) is 13.2 Å². The zero-order chi connectivity index (χ0) is 34.3. The first kappa shape index (κ1) is 36.4. The molecule has 5 atom stereocenters. The minimum Gasteiger partial charge on any atom is -0.450 e. The maximum atomic E-state index is 13.2. The van der Waals surface area contributed by atoms with E-state index in [1.54, 1.807) is 0 Å². The molecule has 0 saturated carbocycles. The van der Waals surface area contributed by atoms with Gasteiger partial charge in [0.2, 0.25) is 0 Å². The molecule has 1 aliphatic rings. The molecule has 1 saturated heterocycles. The summed E-state index contributed by atoms with van der Waals surface area (Å²) in [7, 11) is -1.41. The number of amides is 1. The van der Waals surface area contributed by atoms with Gasteiger partial charge in [0.1, 0.15) is 24.4 Å². The highest BCUT2D eigenvalue weighted by Gasteiger charge is 2.49. The Morgan fingerprint density at radius 3 is 1.51 bits per heavy atom. The summed E-state index contributed by atoms with van der Waals surface area (Å²) in [5.41, 5.74) is 4.04. The summed E-state index contributed by atoms with van der Waals surface area (Å²) in [6.45, 7) is 8.60. The van der Waals surface area contributed by atoms with E-state index < -0.39 is 44.8 Å². The van der Waals surface area contributed by atoms with E-state index in [-0.39, 0.29) is 13.2 Å². The largest absolute Gasteiger partial charge is 0.450 e. The SMILES string of the molecule is C[Si](C)(C)CCOC(=O)N[C@@H]1O[C@H](COCc2ccccc2)[C@@H](OCc2ccccc2)[C@H](OCc2ccccc2)[C@H]1OCc1ccccc1. The Balaban J connectivity index is 1.43. The first-order chi connectivity index (χ1) is 23.8. The molecule has 8 nitrogen and oxygen atoms in total. The normalized spacial score (nSPS) is 20.8. The predicted octanol–water partition coefficient (Wildman–Crippen LogP) is 7.75. The Labute approximate surface area is 291 Å². The zero-order valence-electron chi connectivity index (χ0n) is 28.7. The van der Waals surface area contributed by atoms with Gasteiger partial charge in [0.25, 0.3) is 0 Å². The summed E-state index contributed by atoms with van der Waals surface area (Å²) in [6.07, 6.45) is -4.03. The van der Waals surface area contributed by atoms with Crippen molar-refractivity contribution in [2.45, 2.75) is 82.8 Å². The molecule has 0 spiro atoms. The van der Waals surface area contributed by atoms with Crippen LogP contribution in [0.25, 0.3) is 0 Å². The summed E-state index contributed by atoms with van der Waals surface area (Å²) >= 11 is 0. The van der Waals surface area contributed by atoms with Gasteiger partial charge in [0.15, 0.2) is 6.23 Å². The van der Waals surface area contributed by atoms with Crippen LogP contribution in [0.2, 0.25) is 25.7 Å². The number of ether oxygens (including phenoxy) is 6. The first-order valence-electron chi connectivity index (χ1n) is 17.0. The van der Waals surface area contributed by atoms with Gasteiger partial charge in [-0.1, -0.05) is 141 Å². The Morgan fingerprint density at radius 1 is 0.612 bits per heavy atom. The number of rotatable bonds is 17. The Morgan fingerprint density at radius 2 is 1.04 bits per heavy atom. The molecule has 0 bridgehead atoms. The minimum absolute atomic E-state index is 0.202. The topological polar surface area (TPSA) is 84.5 Å². The number of benzene rings is 4. The van der Waals surface area contributed by atoms with Crippen molar-refractivity contribution < 1.29 is 33.2 Å². The average molecular weight is 684 g/mol. The lowest BCUT2D eigenvalue weighted by atomic mass is 9.97. The van der Waals surface area contributed by atoms with Crippen LogP contribution in [0.15, 0.2) is 121 Å². The number of alkyl carbamates (subject to hydrolysis) is 1. The molecule has 1 amide bonds. The highest BCUT2D eigenvalue weighted by atomic mass is 28.3. The summed E-state index contributed by atoms with van der Waals surface area (Å²) in [6, 6.07) is 40.7. The molecule has 1 aliphatic heterocycles. The fraction of sp³-hybridized carbons (Fsp3) is 0.375. The zero-order valence-corrected chi connectivity index (χ0v) is 29.7. The van der Waals surface area contributed by atoms with Crippen LogP contribution >= 0.6 is 0 Å². The second-order valence-corrected chi connectivity index (χ2v) is 19.1. The maximum Gasteiger partial charge on any atom is 0.409 e. The lowest BCUT2D eigenvalue weighted by molar-refractivity contribution is -0.276. The third-order valence-electron chi connectivity index (χ3n) is 8.23. The second kappa shape index (κ2) is 18.8. The van der Waals surface area contributed by atoms with Crippen molar-refractivity contribution >= 4 is 14.2 Å². The first-order valence-corrected chi connectivity index (χ1v) is 20.7. The molecular weight excluding hydrogens is 635 g/mol. The van der Waals surface area contributed by atoms with E-state index >= 15 is 0 Å². The second-order valence-electron chi connectivity index (χ2n) is 13.5. The maximum absolute atomic E-state index is 13.2. The minimum atomic E-state index is -1.41. The van der Waals surface area contributed by atoms with Gasteiger partial charge in [-0.05, 0) is 28.3 Å². The van der Waals surface area contributed by atoms with Crippen LogP contribution in [-0.2, 0) is 54.8 Å². The standard InChI is InChI=1S/C40H49NO7Si/c1-49(2,3)25-24-44-40(42)41-39-38(47-29-34-22-14-7-15-23-34)37(46-28-33-20-12-6-13-21-33)36(45-27-32-18-10-5-11-19-32)35(48-39)30-43-26-31-16-8-4-9-17-31/h4-23,35-39H,24-30H2,1-3H3,(H,41,42)/t35-,36-,37+,38-,39-/m1/s1. The molecule has 260 valence electrons. The molecule has 5 rings (SSSR count). The van der Waals surface area contributed by atoms with Crippen molar-refractivity contribution in [1.29, 1.82) is 0 Å². The molecule has 0 aliphatic carbocycles. The van der Waals surface area contributed by atoms with Crippen molar-refractivity contribution in [3.8, 4) is 0 Å². The predicted molar refractivity (Wildman–Crippen MR) is 192 cm³/mol. The molecular formula is C40H49NO7Si. The third-order valence-corrected chi connectivity index (χ3v) is 9.93. The lowest BCUT2D eigenvalue weighted by Crippen LogP contribution is -2.65. The molecule has 0 radical (unpaired) electrons. The molecule has 4 aromatic carbocycles.